The number of ketones is 1. The van der Waals surface area contributed by atoms with Crippen molar-refractivity contribution >= 4 is 11.9 Å². The fraction of sp³-hybridized carbons (Fsp3) is 0.579. The van der Waals surface area contributed by atoms with Crippen molar-refractivity contribution in [3.63, 3.8) is 0 Å². The number of benzene rings is 1. The minimum absolute atomic E-state index is 0.0109. The number of nitrogens with zero attached hydrogens (tertiary/aromatic N) is 1. The minimum atomic E-state index is -0.490. The number of hydrogen-bond donors (Lipinski definition) is 0. The number of carbonyl (C=O) groups excluding carboxylic acids is 2. The van der Waals surface area contributed by atoms with E-state index >= 15 is 0 Å². The van der Waals surface area contributed by atoms with Crippen molar-refractivity contribution in [1.29, 1.82) is 0 Å². The molecule has 0 radical (unpaired) electrons. The van der Waals surface area contributed by atoms with Crippen LogP contribution in [0.4, 0.5) is 4.79 Å². The highest BCUT2D eigenvalue weighted by atomic mass is 16.6. The van der Waals surface area contributed by atoms with Gasteiger partial charge in [-0.25, -0.2) is 4.79 Å². The first-order chi connectivity index (χ1) is 11.7. The summed E-state index contributed by atoms with van der Waals surface area (Å²) >= 11 is 0. The van der Waals surface area contributed by atoms with Crippen LogP contribution in [0.5, 0.6) is 11.5 Å². The normalized spacial score (nSPS) is 17.9. The molecular formula is C19H25NO5. The van der Waals surface area contributed by atoms with E-state index in [4.69, 9.17) is 14.2 Å². The molecule has 0 N–H and O–H groups in total. The van der Waals surface area contributed by atoms with Gasteiger partial charge < -0.3 is 19.1 Å². The van der Waals surface area contributed by atoms with E-state index in [0.717, 1.165) is 18.4 Å². The van der Waals surface area contributed by atoms with E-state index in [-0.39, 0.29) is 24.6 Å². The first-order valence-electron chi connectivity index (χ1n) is 8.69. The van der Waals surface area contributed by atoms with Gasteiger partial charge in [-0.2, -0.15) is 0 Å². The average Bonchev–Trinajstić information content (AvgIpc) is 2.90. The van der Waals surface area contributed by atoms with Gasteiger partial charge in [-0.05, 0) is 39.3 Å². The lowest BCUT2D eigenvalue weighted by Gasteiger charge is -2.33. The summed E-state index contributed by atoms with van der Waals surface area (Å²) in [6, 6.07) is 3.68. The van der Waals surface area contributed by atoms with E-state index in [9.17, 15) is 9.59 Å². The average molecular weight is 347 g/mol. The van der Waals surface area contributed by atoms with Crippen LogP contribution in [0.15, 0.2) is 12.1 Å². The Labute approximate surface area is 148 Å². The van der Waals surface area contributed by atoms with Crippen molar-refractivity contribution in [2.45, 2.75) is 52.2 Å². The topological polar surface area (TPSA) is 65.1 Å². The van der Waals surface area contributed by atoms with Crippen LogP contribution in [0, 0.1) is 6.92 Å². The molecule has 2 aliphatic rings. The van der Waals surface area contributed by atoms with Crippen LogP contribution >= 0.6 is 0 Å². The Morgan fingerprint density at radius 2 is 1.92 bits per heavy atom. The Hall–Kier alpha value is -2.24. The van der Waals surface area contributed by atoms with Crippen LogP contribution in [-0.4, -0.2) is 48.2 Å². The van der Waals surface area contributed by atoms with Crippen LogP contribution in [-0.2, 0) is 4.74 Å². The standard InChI is InChI=1S/C19H25NO5/c1-12-5-6-14-15(21)11-23-17(14)16(12)24-13-7-9-20(10-8-13)18(22)25-19(2,3)4/h5-6,13H,7-11H2,1-4H3. The van der Waals surface area contributed by atoms with Crippen molar-refractivity contribution in [3.05, 3.63) is 23.3 Å². The van der Waals surface area contributed by atoms with Gasteiger partial charge in [0.1, 0.15) is 11.7 Å². The van der Waals surface area contributed by atoms with Crippen molar-refractivity contribution in [2.75, 3.05) is 19.7 Å². The Morgan fingerprint density at radius 1 is 1.24 bits per heavy atom. The zero-order chi connectivity index (χ0) is 18.2. The van der Waals surface area contributed by atoms with E-state index in [1.165, 1.54) is 0 Å². The smallest absolute Gasteiger partial charge is 0.410 e. The van der Waals surface area contributed by atoms with Gasteiger partial charge in [0.05, 0.1) is 5.56 Å². The lowest BCUT2D eigenvalue weighted by molar-refractivity contribution is 0.0124. The molecule has 0 spiro atoms. The van der Waals surface area contributed by atoms with Crippen molar-refractivity contribution in [2.24, 2.45) is 0 Å². The molecule has 0 saturated carbocycles. The second-order valence-electron chi connectivity index (χ2n) is 7.58. The summed E-state index contributed by atoms with van der Waals surface area (Å²) in [6.07, 6.45) is 1.15. The largest absolute Gasteiger partial charge is 0.486 e. The summed E-state index contributed by atoms with van der Waals surface area (Å²) in [5.74, 6) is 1.19. The Morgan fingerprint density at radius 3 is 2.56 bits per heavy atom. The van der Waals surface area contributed by atoms with Crippen molar-refractivity contribution in [3.8, 4) is 11.5 Å². The van der Waals surface area contributed by atoms with Crippen LogP contribution in [0.1, 0.15) is 49.5 Å². The summed E-state index contributed by atoms with van der Waals surface area (Å²) in [6.45, 7) is 8.78. The maximum absolute atomic E-state index is 12.1. The second kappa shape index (κ2) is 6.58. The van der Waals surface area contributed by atoms with Gasteiger partial charge in [-0.15, -0.1) is 0 Å². The maximum atomic E-state index is 12.1. The summed E-state index contributed by atoms with van der Waals surface area (Å²) < 4.78 is 17.1. The molecule has 2 heterocycles. The zero-order valence-electron chi connectivity index (χ0n) is 15.3. The number of piperidine rings is 1. The molecule has 2 aliphatic heterocycles. The van der Waals surface area contributed by atoms with Gasteiger partial charge in [0.25, 0.3) is 0 Å². The van der Waals surface area contributed by atoms with Gasteiger partial charge in [-0.3, -0.25) is 4.79 Å². The summed E-state index contributed by atoms with van der Waals surface area (Å²) in [4.78, 5) is 25.7. The van der Waals surface area contributed by atoms with E-state index in [1.807, 2.05) is 33.8 Å². The fourth-order valence-electron chi connectivity index (χ4n) is 3.04. The molecule has 0 aliphatic carbocycles. The van der Waals surface area contributed by atoms with E-state index in [0.29, 0.717) is 30.2 Å². The molecular weight excluding hydrogens is 322 g/mol. The second-order valence-corrected chi connectivity index (χ2v) is 7.58. The number of amides is 1. The first kappa shape index (κ1) is 17.6. The maximum Gasteiger partial charge on any atom is 0.410 e. The number of aryl methyl sites for hydroxylation is 1. The molecule has 0 unspecified atom stereocenters. The molecule has 136 valence electrons. The molecule has 25 heavy (non-hydrogen) atoms. The number of rotatable bonds is 2. The molecule has 1 fully saturated rings. The third kappa shape index (κ3) is 3.89. The van der Waals surface area contributed by atoms with E-state index < -0.39 is 5.60 Å². The number of hydrogen-bond acceptors (Lipinski definition) is 5. The van der Waals surface area contributed by atoms with E-state index in [1.54, 1.807) is 11.0 Å². The van der Waals surface area contributed by atoms with Gasteiger partial charge >= 0.3 is 6.09 Å². The first-order valence-corrected chi connectivity index (χ1v) is 8.69. The highest BCUT2D eigenvalue weighted by Crippen LogP contribution is 2.39. The predicted molar refractivity (Wildman–Crippen MR) is 92.5 cm³/mol. The fourth-order valence-corrected chi connectivity index (χ4v) is 3.04. The third-order valence-corrected chi connectivity index (χ3v) is 4.34. The molecule has 6 heteroatoms. The van der Waals surface area contributed by atoms with Crippen LogP contribution < -0.4 is 9.47 Å². The number of ether oxygens (including phenoxy) is 3. The van der Waals surface area contributed by atoms with Gasteiger partial charge in [0.2, 0.25) is 5.78 Å². The van der Waals surface area contributed by atoms with Crippen LogP contribution in [0.2, 0.25) is 0 Å². The van der Waals surface area contributed by atoms with Gasteiger partial charge in [0, 0.05) is 25.9 Å². The molecule has 1 saturated heterocycles. The molecule has 0 atom stereocenters. The highest BCUT2D eigenvalue weighted by Gasteiger charge is 2.31. The summed E-state index contributed by atoms with van der Waals surface area (Å²) in [5, 5.41) is 0. The van der Waals surface area contributed by atoms with E-state index in [2.05, 4.69) is 0 Å². The molecule has 6 nitrogen and oxygen atoms in total. The van der Waals surface area contributed by atoms with Crippen LogP contribution in [0.25, 0.3) is 0 Å². The predicted octanol–water partition coefficient (Wildman–Crippen LogP) is 3.35. The molecule has 0 bridgehead atoms. The third-order valence-electron chi connectivity index (χ3n) is 4.34. The molecule has 1 amide bonds. The number of Topliss-reactive ketones (excluding diaryl/α,β-unsaturated/α-hetero) is 1. The summed E-state index contributed by atoms with van der Waals surface area (Å²) in [5.41, 5.74) is 1.05. The van der Waals surface area contributed by atoms with Gasteiger partial charge in [-0.1, -0.05) is 6.07 Å². The monoisotopic (exact) mass is 347 g/mol. The minimum Gasteiger partial charge on any atom is -0.486 e. The van der Waals surface area contributed by atoms with Gasteiger partial charge in [0.15, 0.2) is 18.1 Å². The lowest BCUT2D eigenvalue weighted by Crippen LogP contribution is -2.44. The number of fused-ring (bicyclic) bond motifs is 1. The van der Waals surface area contributed by atoms with Crippen molar-refractivity contribution in [1.82, 2.24) is 4.90 Å². The molecule has 1 aromatic carbocycles. The van der Waals surface area contributed by atoms with Crippen molar-refractivity contribution < 1.29 is 23.8 Å². The number of carbonyl (C=O) groups is 2. The highest BCUT2D eigenvalue weighted by molar-refractivity contribution is 6.03. The molecule has 1 aromatic rings. The van der Waals surface area contributed by atoms with Crippen LogP contribution in [0.3, 0.4) is 0 Å². The quantitative estimate of drug-likeness (QED) is 0.821. The Bertz CT molecular complexity index is 684. The summed E-state index contributed by atoms with van der Waals surface area (Å²) in [7, 11) is 0. The Balaban J connectivity index is 1.62. The SMILES string of the molecule is Cc1ccc2c(c1OC1CCN(C(=O)OC(C)(C)C)CC1)OCC2=O. The number of likely N-dealkylation sites (tertiary alicyclic amines) is 1. The molecule has 0 aromatic heterocycles. The lowest BCUT2D eigenvalue weighted by atomic mass is 10.1. The Kier molecular flexibility index (Phi) is 4.62. The molecule has 3 rings (SSSR count). The zero-order valence-corrected chi connectivity index (χ0v) is 15.3.